The zero-order valence-electron chi connectivity index (χ0n) is 10.7. The van der Waals surface area contributed by atoms with E-state index in [0.717, 1.165) is 18.5 Å². The average Bonchev–Trinajstić information content (AvgIpc) is 2.27. The van der Waals surface area contributed by atoms with Crippen molar-refractivity contribution in [1.82, 2.24) is 4.98 Å². The molecule has 1 fully saturated rings. The number of rotatable bonds is 2. The Morgan fingerprint density at radius 1 is 1.56 bits per heavy atom. The van der Waals surface area contributed by atoms with E-state index in [1.165, 1.54) is 0 Å². The molecule has 0 saturated carbocycles. The number of anilines is 1. The lowest BCUT2D eigenvalue weighted by atomic mass is 9.96. The van der Waals surface area contributed by atoms with Crippen LogP contribution in [-0.2, 0) is 0 Å². The van der Waals surface area contributed by atoms with E-state index in [0.29, 0.717) is 18.3 Å². The molecule has 0 amide bonds. The molecule has 0 aromatic carbocycles. The SMILES string of the molecule is Cc1cnc(N2CC(C)CC(N)C2)c([N+](=O)[O-])c1. The van der Waals surface area contributed by atoms with E-state index in [4.69, 9.17) is 5.73 Å². The topological polar surface area (TPSA) is 85.3 Å². The summed E-state index contributed by atoms with van der Waals surface area (Å²) in [6.07, 6.45) is 2.61. The summed E-state index contributed by atoms with van der Waals surface area (Å²) in [6.45, 7) is 5.30. The van der Waals surface area contributed by atoms with Crippen molar-refractivity contribution in [2.45, 2.75) is 26.3 Å². The second-order valence-electron chi connectivity index (χ2n) is 5.12. The van der Waals surface area contributed by atoms with Crippen molar-refractivity contribution >= 4 is 11.5 Å². The lowest BCUT2D eigenvalue weighted by Gasteiger charge is -2.35. The standard InChI is InChI=1S/C12H18N4O2/c1-8-4-11(16(17)18)12(14-5-8)15-6-9(2)3-10(13)7-15/h4-5,9-10H,3,6-7,13H2,1-2H3. The molecular weight excluding hydrogens is 232 g/mol. The lowest BCUT2D eigenvalue weighted by molar-refractivity contribution is -0.384. The minimum absolute atomic E-state index is 0.0523. The average molecular weight is 250 g/mol. The van der Waals surface area contributed by atoms with Gasteiger partial charge in [-0.2, -0.15) is 0 Å². The minimum atomic E-state index is -0.375. The van der Waals surface area contributed by atoms with E-state index in [9.17, 15) is 10.1 Å². The summed E-state index contributed by atoms with van der Waals surface area (Å²) in [5, 5.41) is 11.1. The molecule has 6 heteroatoms. The number of aryl methyl sites for hydroxylation is 1. The van der Waals surface area contributed by atoms with Crippen LogP contribution in [0.25, 0.3) is 0 Å². The fourth-order valence-electron chi connectivity index (χ4n) is 2.50. The fourth-order valence-corrected chi connectivity index (χ4v) is 2.50. The highest BCUT2D eigenvalue weighted by atomic mass is 16.6. The van der Waals surface area contributed by atoms with Crippen LogP contribution in [0.1, 0.15) is 18.9 Å². The Labute approximate surface area is 106 Å². The Morgan fingerprint density at radius 2 is 2.28 bits per heavy atom. The fraction of sp³-hybridized carbons (Fsp3) is 0.583. The van der Waals surface area contributed by atoms with E-state index in [1.807, 2.05) is 4.90 Å². The third-order valence-corrected chi connectivity index (χ3v) is 3.17. The number of hydrogen-bond donors (Lipinski definition) is 1. The minimum Gasteiger partial charge on any atom is -0.349 e. The molecule has 0 radical (unpaired) electrons. The third kappa shape index (κ3) is 2.59. The van der Waals surface area contributed by atoms with Gasteiger partial charge in [0.05, 0.1) is 4.92 Å². The molecule has 1 aliphatic heterocycles. The quantitative estimate of drug-likeness (QED) is 0.634. The van der Waals surface area contributed by atoms with E-state index in [-0.39, 0.29) is 16.7 Å². The van der Waals surface area contributed by atoms with Gasteiger partial charge in [-0.1, -0.05) is 6.92 Å². The summed E-state index contributed by atoms with van der Waals surface area (Å²) in [5.41, 5.74) is 6.83. The molecule has 1 aliphatic rings. The van der Waals surface area contributed by atoms with Gasteiger partial charge >= 0.3 is 5.69 Å². The van der Waals surface area contributed by atoms with Gasteiger partial charge in [0, 0.05) is 31.4 Å². The predicted molar refractivity (Wildman–Crippen MR) is 69.6 cm³/mol. The van der Waals surface area contributed by atoms with Crippen LogP contribution in [0, 0.1) is 23.0 Å². The molecule has 2 unspecified atom stereocenters. The van der Waals surface area contributed by atoms with Gasteiger partial charge in [-0.3, -0.25) is 10.1 Å². The zero-order valence-corrected chi connectivity index (χ0v) is 10.7. The molecule has 6 nitrogen and oxygen atoms in total. The van der Waals surface area contributed by atoms with Gasteiger partial charge < -0.3 is 10.6 Å². The molecule has 18 heavy (non-hydrogen) atoms. The molecule has 2 N–H and O–H groups in total. The molecule has 98 valence electrons. The molecule has 1 aromatic rings. The van der Waals surface area contributed by atoms with Crippen LogP contribution in [0.3, 0.4) is 0 Å². The summed E-state index contributed by atoms with van der Waals surface area (Å²) < 4.78 is 0. The Kier molecular flexibility index (Phi) is 3.47. The largest absolute Gasteiger partial charge is 0.349 e. The Hall–Kier alpha value is -1.69. The molecule has 0 bridgehead atoms. The van der Waals surface area contributed by atoms with Crippen molar-refractivity contribution < 1.29 is 4.92 Å². The predicted octanol–water partition coefficient (Wildman–Crippen LogP) is 1.47. The van der Waals surface area contributed by atoms with Gasteiger partial charge in [0.2, 0.25) is 5.82 Å². The van der Waals surface area contributed by atoms with Crippen LogP contribution in [0.15, 0.2) is 12.3 Å². The zero-order chi connectivity index (χ0) is 13.3. The molecule has 0 aliphatic carbocycles. The van der Waals surface area contributed by atoms with Gasteiger partial charge in [0.25, 0.3) is 0 Å². The van der Waals surface area contributed by atoms with Crippen molar-refractivity contribution in [3.63, 3.8) is 0 Å². The maximum Gasteiger partial charge on any atom is 0.311 e. The normalized spacial score (nSPS) is 24.1. The molecular formula is C12H18N4O2. The maximum atomic E-state index is 11.1. The molecule has 1 aromatic heterocycles. The van der Waals surface area contributed by atoms with Crippen molar-refractivity contribution in [2.75, 3.05) is 18.0 Å². The van der Waals surface area contributed by atoms with Crippen molar-refractivity contribution in [3.8, 4) is 0 Å². The van der Waals surface area contributed by atoms with Crippen molar-refractivity contribution in [3.05, 3.63) is 27.9 Å². The van der Waals surface area contributed by atoms with Gasteiger partial charge in [0.15, 0.2) is 0 Å². The Morgan fingerprint density at radius 3 is 2.89 bits per heavy atom. The third-order valence-electron chi connectivity index (χ3n) is 3.17. The smallest absolute Gasteiger partial charge is 0.311 e. The lowest BCUT2D eigenvalue weighted by Crippen LogP contribution is -2.46. The van der Waals surface area contributed by atoms with Crippen LogP contribution in [0.2, 0.25) is 0 Å². The monoisotopic (exact) mass is 250 g/mol. The van der Waals surface area contributed by atoms with Gasteiger partial charge in [-0.25, -0.2) is 4.98 Å². The van der Waals surface area contributed by atoms with Crippen molar-refractivity contribution in [2.24, 2.45) is 11.7 Å². The van der Waals surface area contributed by atoms with Crippen LogP contribution in [0.4, 0.5) is 11.5 Å². The molecule has 2 atom stereocenters. The summed E-state index contributed by atoms with van der Waals surface area (Å²) in [5.74, 6) is 0.865. The summed E-state index contributed by atoms with van der Waals surface area (Å²) in [4.78, 5) is 16.9. The number of nitrogens with two attached hydrogens (primary N) is 1. The number of hydrogen-bond acceptors (Lipinski definition) is 5. The van der Waals surface area contributed by atoms with Crippen molar-refractivity contribution in [1.29, 1.82) is 0 Å². The number of nitro groups is 1. The summed E-state index contributed by atoms with van der Waals surface area (Å²) >= 11 is 0. The number of piperidine rings is 1. The highest BCUT2D eigenvalue weighted by molar-refractivity contribution is 5.59. The maximum absolute atomic E-state index is 11.1. The first-order chi connectivity index (χ1) is 8.47. The van der Waals surface area contributed by atoms with Crippen LogP contribution < -0.4 is 10.6 Å². The van der Waals surface area contributed by atoms with Crippen LogP contribution in [0.5, 0.6) is 0 Å². The summed E-state index contributed by atoms with van der Waals surface area (Å²) in [7, 11) is 0. The van der Waals surface area contributed by atoms with Gasteiger partial charge in [-0.15, -0.1) is 0 Å². The molecule has 2 rings (SSSR count). The Balaban J connectivity index is 2.35. The van der Waals surface area contributed by atoms with E-state index in [1.54, 1.807) is 19.2 Å². The van der Waals surface area contributed by atoms with Crippen LogP contribution >= 0.6 is 0 Å². The second kappa shape index (κ2) is 4.89. The number of aromatic nitrogens is 1. The van der Waals surface area contributed by atoms with E-state index >= 15 is 0 Å². The van der Waals surface area contributed by atoms with E-state index < -0.39 is 0 Å². The first-order valence-electron chi connectivity index (χ1n) is 6.09. The first kappa shape index (κ1) is 12.8. The first-order valence-corrected chi connectivity index (χ1v) is 6.09. The van der Waals surface area contributed by atoms with Gasteiger partial charge in [-0.05, 0) is 24.8 Å². The number of nitrogens with zero attached hydrogens (tertiary/aromatic N) is 3. The Bertz CT molecular complexity index is 453. The molecule has 1 saturated heterocycles. The van der Waals surface area contributed by atoms with Gasteiger partial charge in [0.1, 0.15) is 0 Å². The number of pyridine rings is 1. The van der Waals surface area contributed by atoms with Crippen LogP contribution in [-0.4, -0.2) is 29.0 Å². The molecule has 0 spiro atoms. The molecule has 2 heterocycles. The second-order valence-corrected chi connectivity index (χ2v) is 5.12. The van der Waals surface area contributed by atoms with E-state index in [2.05, 4.69) is 11.9 Å². The summed E-state index contributed by atoms with van der Waals surface area (Å²) in [6, 6.07) is 1.61. The highest BCUT2D eigenvalue weighted by Crippen LogP contribution is 2.29. The highest BCUT2D eigenvalue weighted by Gasteiger charge is 2.28.